The van der Waals surface area contributed by atoms with Crippen LogP contribution in [0.15, 0.2) is 41.5 Å². The van der Waals surface area contributed by atoms with Crippen LogP contribution in [0.5, 0.6) is 5.75 Å². The molecule has 5 nitrogen and oxygen atoms in total. The second-order valence-electron chi connectivity index (χ2n) is 6.83. The molecule has 0 fully saturated rings. The lowest BCUT2D eigenvalue weighted by Crippen LogP contribution is -2.27. The van der Waals surface area contributed by atoms with Crippen molar-refractivity contribution in [1.82, 2.24) is 5.32 Å². The van der Waals surface area contributed by atoms with Crippen molar-refractivity contribution in [2.75, 3.05) is 25.0 Å². The molecule has 6 heteroatoms. The van der Waals surface area contributed by atoms with Crippen LogP contribution in [0.3, 0.4) is 0 Å². The Hall–Kier alpha value is -1.92. The Morgan fingerprint density at radius 3 is 2.17 bits per heavy atom. The van der Waals surface area contributed by atoms with E-state index in [2.05, 4.69) is 37.6 Å². The first-order valence-corrected chi connectivity index (χ1v) is 11.8. The summed E-state index contributed by atoms with van der Waals surface area (Å²) in [5.74, 6) is 1.52. The van der Waals surface area contributed by atoms with Gasteiger partial charge in [-0.05, 0) is 56.8 Å². The molecule has 30 heavy (non-hydrogen) atoms. The molecular weight excluding hydrogens is 394 g/mol. The third-order valence-electron chi connectivity index (χ3n) is 4.46. The quantitative estimate of drug-likeness (QED) is 0.229. The van der Waals surface area contributed by atoms with Gasteiger partial charge in [-0.15, -0.1) is 6.58 Å². The molecule has 0 spiro atoms. The van der Waals surface area contributed by atoms with Gasteiger partial charge in [0.2, 0.25) is 0 Å². The fraction of sp³-hybridized carbons (Fsp3) is 0.542. The summed E-state index contributed by atoms with van der Waals surface area (Å²) >= 11 is 1.12. The first-order chi connectivity index (χ1) is 14.5. The zero-order chi connectivity index (χ0) is 22.9. The highest BCUT2D eigenvalue weighted by molar-refractivity contribution is 7.97. The van der Waals surface area contributed by atoms with E-state index in [-0.39, 0.29) is 5.91 Å². The number of ether oxygens (including phenoxy) is 1. The molecule has 1 aromatic carbocycles. The predicted octanol–water partition coefficient (Wildman–Crippen LogP) is 6.30. The number of carbonyl (C=O) groups is 1. The van der Waals surface area contributed by atoms with E-state index < -0.39 is 0 Å². The Balaban J connectivity index is 0.00000263. The van der Waals surface area contributed by atoms with Crippen LogP contribution in [0.2, 0.25) is 0 Å². The molecule has 1 amide bonds. The lowest BCUT2D eigenvalue weighted by atomic mass is 10.1. The molecule has 0 radical (unpaired) electrons. The average Bonchev–Trinajstić information content (AvgIpc) is 2.77. The standard InChI is InChI=1S/C21H35N3O2S.C3H6/c1-6-10-12-24(13-11-7-2)18-14-16(21(25)23-5)15-19(27-22)20(18)26-17(8-3)9-4;1-3-2/h8,14-15H,6-7,9-13,22H2,1-5H3,(H,23,25);3H,1H2,2H3/b17-8+;. The smallest absolute Gasteiger partial charge is 0.251 e. The van der Waals surface area contributed by atoms with Crippen LogP contribution in [0, 0.1) is 0 Å². The maximum absolute atomic E-state index is 12.3. The van der Waals surface area contributed by atoms with Crippen LogP contribution in [-0.2, 0) is 0 Å². The van der Waals surface area contributed by atoms with Crippen LogP contribution in [0.4, 0.5) is 5.69 Å². The van der Waals surface area contributed by atoms with Gasteiger partial charge in [0, 0.05) is 32.1 Å². The van der Waals surface area contributed by atoms with Gasteiger partial charge in [-0.1, -0.05) is 39.7 Å². The molecule has 0 saturated heterocycles. The Labute approximate surface area is 188 Å². The summed E-state index contributed by atoms with van der Waals surface area (Å²) in [6.07, 6.45) is 8.92. The number of hydrogen-bond acceptors (Lipinski definition) is 5. The molecule has 0 aromatic heterocycles. The van der Waals surface area contributed by atoms with Gasteiger partial charge in [-0.3, -0.25) is 9.93 Å². The van der Waals surface area contributed by atoms with Crippen molar-refractivity contribution < 1.29 is 9.53 Å². The van der Waals surface area contributed by atoms with E-state index in [9.17, 15) is 4.79 Å². The van der Waals surface area contributed by atoms with E-state index in [1.54, 1.807) is 13.1 Å². The summed E-state index contributed by atoms with van der Waals surface area (Å²) in [7, 11) is 1.64. The van der Waals surface area contributed by atoms with E-state index in [0.717, 1.165) is 79.2 Å². The molecule has 170 valence electrons. The number of amides is 1. The highest BCUT2D eigenvalue weighted by Crippen LogP contribution is 2.40. The molecule has 0 saturated carbocycles. The molecule has 0 aliphatic rings. The van der Waals surface area contributed by atoms with Crippen molar-refractivity contribution in [2.24, 2.45) is 5.14 Å². The Morgan fingerprint density at radius 2 is 1.77 bits per heavy atom. The number of allylic oxidation sites excluding steroid dienone is 3. The summed E-state index contributed by atoms with van der Waals surface area (Å²) in [4.78, 5) is 15.4. The largest absolute Gasteiger partial charge is 0.459 e. The van der Waals surface area contributed by atoms with E-state index in [1.807, 2.05) is 32.1 Å². The summed E-state index contributed by atoms with van der Waals surface area (Å²) in [5.41, 5.74) is 1.54. The highest BCUT2D eigenvalue weighted by atomic mass is 32.2. The second kappa shape index (κ2) is 16.8. The maximum atomic E-state index is 12.3. The molecule has 0 atom stereocenters. The van der Waals surface area contributed by atoms with E-state index in [1.165, 1.54) is 0 Å². The molecule has 0 bridgehead atoms. The minimum Gasteiger partial charge on any atom is -0.459 e. The number of benzene rings is 1. The van der Waals surface area contributed by atoms with Crippen molar-refractivity contribution in [3.63, 3.8) is 0 Å². The molecule has 3 N–H and O–H groups in total. The van der Waals surface area contributed by atoms with Gasteiger partial charge in [0.05, 0.1) is 16.3 Å². The van der Waals surface area contributed by atoms with Gasteiger partial charge in [-0.2, -0.15) is 0 Å². The fourth-order valence-corrected chi connectivity index (χ4v) is 3.25. The number of rotatable bonds is 12. The summed E-state index contributed by atoms with van der Waals surface area (Å²) in [6, 6.07) is 3.74. The average molecular weight is 436 g/mol. The lowest BCUT2D eigenvalue weighted by molar-refractivity contribution is 0.0963. The summed E-state index contributed by atoms with van der Waals surface area (Å²) < 4.78 is 6.26. The van der Waals surface area contributed by atoms with Crippen LogP contribution in [0.25, 0.3) is 0 Å². The van der Waals surface area contributed by atoms with Gasteiger partial charge in [-0.25, -0.2) is 0 Å². The number of nitrogens with one attached hydrogen (secondary N) is 1. The molecule has 0 aliphatic carbocycles. The number of carbonyl (C=O) groups excluding carboxylic acids is 1. The Morgan fingerprint density at radius 1 is 1.20 bits per heavy atom. The first kappa shape index (κ1) is 28.1. The van der Waals surface area contributed by atoms with Gasteiger partial charge in [0.1, 0.15) is 0 Å². The zero-order valence-corrected chi connectivity index (χ0v) is 20.5. The zero-order valence-electron chi connectivity index (χ0n) is 19.7. The number of nitrogens with two attached hydrogens (primary N) is 1. The topological polar surface area (TPSA) is 67.6 Å². The van der Waals surface area contributed by atoms with Gasteiger partial charge in [0.15, 0.2) is 5.75 Å². The molecular formula is C24H41N3O2S. The normalized spacial score (nSPS) is 10.7. The Bertz CT molecular complexity index is 667. The number of hydrogen-bond donors (Lipinski definition) is 2. The minimum absolute atomic E-state index is 0.120. The van der Waals surface area contributed by atoms with Crippen molar-refractivity contribution in [3.05, 3.63) is 42.2 Å². The van der Waals surface area contributed by atoms with E-state index >= 15 is 0 Å². The van der Waals surface area contributed by atoms with E-state index in [4.69, 9.17) is 9.88 Å². The van der Waals surface area contributed by atoms with Crippen molar-refractivity contribution in [3.8, 4) is 5.75 Å². The minimum atomic E-state index is -0.120. The predicted molar refractivity (Wildman–Crippen MR) is 132 cm³/mol. The van der Waals surface area contributed by atoms with Crippen molar-refractivity contribution >= 4 is 23.5 Å². The fourth-order valence-electron chi connectivity index (χ4n) is 2.80. The van der Waals surface area contributed by atoms with E-state index in [0.29, 0.717) is 5.56 Å². The monoisotopic (exact) mass is 435 g/mol. The SMILES string of the molecule is C/C=C(\CC)Oc1c(SN)cc(C(=O)NC)cc1N(CCCC)CCCC.C=CC. The molecule has 1 aromatic rings. The lowest BCUT2D eigenvalue weighted by Gasteiger charge is -2.28. The molecule has 1 rings (SSSR count). The molecule has 0 aliphatic heterocycles. The molecule has 0 unspecified atom stereocenters. The second-order valence-corrected chi connectivity index (χ2v) is 7.51. The van der Waals surface area contributed by atoms with Gasteiger partial charge < -0.3 is 15.0 Å². The third-order valence-corrected chi connectivity index (χ3v) is 5.02. The van der Waals surface area contributed by atoms with Gasteiger partial charge >= 0.3 is 0 Å². The maximum Gasteiger partial charge on any atom is 0.251 e. The highest BCUT2D eigenvalue weighted by Gasteiger charge is 2.21. The first-order valence-electron chi connectivity index (χ1n) is 10.9. The van der Waals surface area contributed by atoms with Crippen molar-refractivity contribution in [2.45, 2.75) is 71.6 Å². The summed E-state index contributed by atoms with van der Waals surface area (Å²) in [5, 5.41) is 8.66. The van der Waals surface area contributed by atoms with Crippen LogP contribution in [-0.4, -0.2) is 26.0 Å². The third kappa shape index (κ3) is 9.26. The van der Waals surface area contributed by atoms with Gasteiger partial charge in [0.25, 0.3) is 5.91 Å². The van der Waals surface area contributed by atoms with Crippen molar-refractivity contribution in [1.29, 1.82) is 0 Å². The molecule has 0 heterocycles. The number of anilines is 1. The van der Waals surface area contributed by atoms with Crippen LogP contribution >= 0.6 is 11.9 Å². The summed E-state index contributed by atoms with van der Waals surface area (Å²) in [6.45, 7) is 15.5. The number of nitrogens with zero attached hydrogens (tertiary/aromatic N) is 1. The van der Waals surface area contributed by atoms with Crippen LogP contribution < -0.4 is 20.1 Å². The number of unbranched alkanes of at least 4 members (excludes halogenated alkanes) is 2. The van der Waals surface area contributed by atoms with Crippen LogP contribution in [0.1, 0.15) is 77.1 Å². The Kier molecular flexibility index (Phi) is 15.8.